The Labute approximate surface area is 266 Å². The van der Waals surface area contributed by atoms with Crippen LogP contribution in [-0.4, -0.2) is 60.8 Å². The molecule has 2 heterocycles. The van der Waals surface area contributed by atoms with Gasteiger partial charge in [-0.25, -0.2) is 4.79 Å². The third-order valence-corrected chi connectivity index (χ3v) is 18.8. The Balaban J connectivity index is 1.91. The number of aliphatic hydroxyl groups is 1. The maximum Gasteiger partial charge on any atom is 0.697 e. The summed E-state index contributed by atoms with van der Waals surface area (Å²) in [6, 6.07) is 20.9. The van der Waals surface area contributed by atoms with Gasteiger partial charge in [-0.2, -0.15) is 0 Å². The molecule has 0 aliphatic carbocycles. The molecule has 11 nitrogen and oxygen atoms in total. The number of aliphatic hydroxyl groups excluding tert-OH is 1. The van der Waals surface area contributed by atoms with Crippen molar-refractivity contribution < 1.29 is 32.7 Å². The molecule has 0 radical (unpaired) electrons. The second-order valence-corrected chi connectivity index (χ2v) is 23.6. The number of aromatic nitrogens is 2. The highest BCUT2D eigenvalue weighted by molar-refractivity contribution is 7.32. The van der Waals surface area contributed by atoms with Gasteiger partial charge in [0.25, 0.3) is 19.7 Å². The molecule has 0 spiro atoms. The van der Waals surface area contributed by atoms with E-state index < -0.39 is 70.4 Å². The van der Waals surface area contributed by atoms with E-state index >= 15 is 0 Å². The molecule has 0 amide bonds. The van der Waals surface area contributed by atoms with Crippen molar-refractivity contribution in [2.45, 2.75) is 88.9 Å². The van der Waals surface area contributed by atoms with Crippen molar-refractivity contribution in [1.82, 2.24) is 9.55 Å². The van der Waals surface area contributed by atoms with Crippen LogP contribution in [0.5, 0.6) is 0 Å². The molecule has 5 atom stereocenters. The number of hydrogen-bond acceptors (Lipinski definition) is 8. The molecule has 1 saturated heterocycles. The van der Waals surface area contributed by atoms with E-state index in [9.17, 15) is 24.2 Å². The molecule has 45 heavy (non-hydrogen) atoms. The summed E-state index contributed by atoms with van der Waals surface area (Å²) in [5.74, 6) is -2.21. The van der Waals surface area contributed by atoms with Gasteiger partial charge in [0.2, 0.25) is 0 Å². The van der Waals surface area contributed by atoms with Crippen LogP contribution in [0, 0.1) is 0 Å². The Morgan fingerprint density at radius 2 is 1.47 bits per heavy atom. The lowest BCUT2D eigenvalue weighted by Crippen LogP contribution is -2.68. The normalized spacial score (nSPS) is 23.2. The average molecular weight is 676 g/mol. The van der Waals surface area contributed by atoms with Gasteiger partial charge in [0.1, 0.15) is 6.10 Å². The number of hydrogen-bond donors (Lipinski definition) is 3. The van der Waals surface area contributed by atoms with Crippen molar-refractivity contribution in [3.8, 4) is 0 Å². The summed E-state index contributed by atoms with van der Waals surface area (Å²) in [6.07, 6.45) is -3.30. The van der Waals surface area contributed by atoms with Gasteiger partial charge in [-0.1, -0.05) is 107 Å². The van der Waals surface area contributed by atoms with E-state index in [1.807, 2.05) is 94.5 Å². The van der Waals surface area contributed by atoms with Crippen LogP contribution in [0.25, 0.3) is 0 Å². The first kappa shape index (κ1) is 35.3. The zero-order valence-electron chi connectivity index (χ0n) is 27.0. The number of H-pyrrole nitrogens is 1. The molecule has 1 unspecified atom stereocenters. The van der Waals surface area contributed by atoms with Gasteiger partial charge in [-0.3, -0.25) is 14.3 Å². The third-order valence-electron chi connectivity index (χ3n) is 8.87. The second-order valence-electron chi connectivity index (χ2n) is 13.9. The van der Waals surface area contributed by atoms with Crippen molar-refractivity contribution in [2.75, 3.05) is 6.61 Å². The minimum atomic E-state index is -3.33. The standard InChI is InChI=1S/C31H43N2O9PSi2/c1-29(2,3)44(7,8)42-31(41-43(37)38)24(40-27(26(31)35)33-20-19-25(34)32-28(33)36)21-39-45(30(4,5)6,22-15-11-9-12-16-22)23-17-13-10-14-18-23/h9-20,24,26-27,35H,21H2,1-8H3,(H-,32,34,36,37,38)/p+1/t24-,26+,27-,31-/m1/s1. The molecule has 3 N–H and O–H groups in total. The van der Waals surface area contributed by atoms with Crippen LogP contribution in [0.3, 0.4) is 0 Å². The maximum atomic E-state index is 12.9. The van der Waals surface area contributed by atoms with Crippen molar-refractivity contribution >= 4 is 35.3 Å². The topological polar surface area (TPSA) is 149 Å². The number of rotatable bonds is 10. The van der Waals surface area contributed by atoms with Crippen molar-refractivity contribution in [3.05, 3.63) is 93.8 Å². The molecular weight excluding hydrogens is 631 g/mol. The van der Waals surface area contributed by atoms with E-state index in [4.69, 9.17) is 18.1 Å². The number of nitrogens with one attached hydrogen (secondary N) is 1. The fourth-order valence-corrected chi connectivity index (χ4v) is 12.2. The highest BCUT2D eigenvalue weighted by Gasteiger charge is 2.67. The Kier molecular flexibility index (Phi) is 10.1. The number of ether oxygens (including phenoxy) is 1. The summed E-state index contributed by atoms with van der Waals surface area (Å²) in [5.41, 5.74) is -1.47. The number of benzene rings is 2. The average Bonchev–Trinajstić information content (AvgIpc) is 3.18. The highest BCUT2D eigenvalue weighted by Crippen LogP contribution is 2.50. The molecule has 2 aromatic carbocycles. The Morgan fingerprint density at radius 1 is 0.933 bits per heavy atom. The molecule has 0 bridgehead atoms. The van der Waals surface area contributed by atoms with Crippen molar-refractivity contribution in [2.24, 2.45) is 0 Å². The van der Waals surface area contributed by atoms with Crippen molar-refractivity contribution in [3.63, 3.8) is 0 Å². The lowest BCUT2D eigenvalue weighted by molar-refractivity contribution is -0.204. The molecule has 244 valence electrons. The summed E-state index contributed by atoms with van der Waals surface area (Å²) < 4.78 is 39.4. The molecule has 0 saturated carbocycles. The fourth-order valence-electron chi connectivity index (χ4n) is 5.62. The number of nitrogens with zero attached hydrogens (tertiary/aromatic N) is 1. The predicted octanol–water partition coefficient (Wildman–Crippen LogP) is 3.76. The molecule has 4 rings (SSSR count). The van der Waals surface area contributed by atoms with Crippen LogP contribution in [0.15, 0.2) is 82.5 Å². The van der Waals surface area contributed by atoms with E-state index in [-0.39, 0.29) is 6.61 Å². The van der Waals surface area contributed by atoms with Crippen molar-refractivity contribution in [1.29, 1.82) is 0 Å². The van der Waals surface area contributed by atoms with Crippen LogP contribution < -0.4 is 21.6 Å². The summed E-state index contributed by atoms with van der Waals surface area (Å²) in [5, 5.41) is 13.1. The molecule has 1 aromatic heterocycles. The Bertz CT molecular complexity index is 1560. The van der Waals surface area contributed by atoms with Gasteiger partial charge in [0, 0.05) is 16.8 Å². The lowest BCUT2D eigenvalue weighted by Gasteiger charge is -2.46. The quantitative estimate of drug-likeness (QED) is 0.166. The van der Waals surface area contributed by atoms with E-state index in [0.717, 1.165) is 21.0 Å². The zero-order chi connectivity index (χ0) is 33.4. The highest BCUT2D eigenvalue weighted by atomic mass is 31.1. The van der Waals surface area contributed by atoms with E-state index in [0.29, 0.717) is 0 Å². The summed E-state index contributed by atoms with van der Waals surface area (Å²) in [4.78, 5) is 37.1. The fraction of sp³-hybridized carbons (Fsp3) is 0.484. The van der Waals surface area contributed by atoms with E-state index in [2.05, 4.69) is 25.8 Å². The molecule has 1 aliphatic rings. The van der Waals surface area contributed by atoms with Gasteiger partial charge in [-0.15, -0.1) is 4.89 Å². The SMILES string of the molecule is CC(C)(C)[Si](C)(C)O[C@]1(O[P+](=O)O)[C@@H](CO[Si](c2ccccc2)(c2ccccc2)C(C)(C)C)O[C@@H](n2ccc(=O)[nH]c2=O)[C@@H]1O. The third kappa shape index (κ3) is 6.78. The second kappa shape index (κ2) is 12.9. The monoisotopic (exact) mass is 675 g/mol. The Hall–Kier alpha value is -2.59. The van der Waals surface area contributed by atoms with Gasteiger partial charge in [0.05, 0.1) is 6.61 Å². The smallest absolute Gasteiger partial charge is 0.405 e. The molecule has 1 aliphatic heterocycles. The minimum Gasteiger partial charge on any atom is -0.405 e. The summed E-state index contributed by atoms with van der Waals surface area (Å²) in [6.45, 7) is 15.8. The van der Waals surface area contributed by atoms with Crippen LogP contribution >= 0.6 is 8.25 Å². The predicted molar refractivity (Wildman–Crippen MR) is 177 cm³/mol. The largest absolute Gasteiger partial charge is 0.697 e. The minimum absolute atomic E-state index is 0.225. The van der Waals surface area contributed by atoms with Crippen LogP contribution in [0.4, 0.5) is 0 Å². The van der Waals surface area contributed by atoms with Gasteiger partial charge in [-0.05, 0) is 33.5 Å². The summed E-state index contributed by atoms with van der Waals surface area (Å²) >= 11 is 0. The van der Waals surface area contributed by atoms with Crippen LogP contribution in [0.1, 0.15) is 47.8 Å². The molecule has 1 fully saturated rings. The van der Waals surface area contributed by atoms with Gasteiger partial charge >= 0.3 is 13.9 Å². The molecular formula is C31H44N2O9PSi2+. The van der Waals surface area contributed by atoms with E-state index in [1.54, 1.807) is 0 Å². The lowest BCUT2D eigenvalue weighted by atomic mass is 10.1. The Morgan fingerprint density at radius 3 is 1.91 bits per heavy atom. The van der Waals surface area contributed by atoms with E-state index in [1.165, 1.54) is 6.20 Å². The van der Waals surface area contributed by atoms with Gasteiger partial charge < -0.3 is 18.7 Å². The maximum absolute atomic E-state index is 12.9. The summed E-state index contributed by atoms with van der Waals surface area (Å²) in [7, 11) is -9.38. The first-order valence-electron chi connectivity index (χ1n) is 14.8. The van der Waals surface area contributed by atoms with Gasteiger partial charge in [0.15, 0.2) is 20.6 Å². The molecule has 14 heteroatoms. The molecule has 3 aromatic rings. The number of aromatic amines is 1. The van der Waals surface area contributed by atoms with Crippen LogP contribution in [0.2, 0.25) is 23.2 Å². The first-order valence-corrected chi connectivity index (χ1v) is 20.8. The first-order chi connectivity index (χ1) is 20.9. The van der Waals surface area contributed by atoms with Crippen LogP contribution in [-0.2, 0) is 22.7 Å². The zero-order valence-corrected chi connectivity index (χ0v) is 29.9.